The average molecular weight is 443 g/mol. The fraction of sp³-hybridized carbons (Fsp3) is 0.300. The molecule has 5 nitrogen and oxygen atoms in total. The van der Waals surface area contributed by atoms with Gasteiger partial charge in [0.1, 0.15) is 11.9 Å². The number of carbonyl (C=O) groups excluding carboxylic acids is 1. The van der Waals surface area contributed by atoms with Crippen molar-refractivity contribution in [3.05, 3.63) is 69.7 Å². The van der Waals surface area contributed by atoms with Gasteiger partial charge >= 0.3 is 5.97 Å². The number of benzene rings is 2. The monoisotopic (exact) mass is 441 g/mol. The van der Waals surface area contributed by atoms with E-state index in [1.54, 1.807) is 36.4 Å². The average Bonchev–Trinajstić information content (AvgIpc) is 3.08. The summed E-state index contributed by atoms with van der Waals surface area (Å²) in [6, 6.07) is 12.0. The number of rotatable bonds is 5. The second kappa shape index (κ2) is 8.70. The minimum absolute atomic E-state index is 0.0671. The predicted octanol–water partition coefficient (Wildman–Crippen LogP) is 4.31. The van der Waals surface area contributed by atoms with Crippen molar-refractivity contribution in [2.24, 2.45) is 5.92 Å². The van der Waals surface area contributed by atoms with Crippen molar-refractivity contribution in [2.75, 3.05) is 5.88 Å². The lowest BCUT2D eigenvalue weighted by molar-refractivity contribution is -0.148. The van der Waals surface area contributed by atoms with E-state index in [2.05, 4.69) is 0 Å². The number of alkyl halides is 1. The lowest BCUT2D eigenvalue weighted by Crippen LogP contribution is -2.42. The topological polar surface area (TPSA) is 77.8 Å². The van der Waals surface area contributed by atoms with Crippen molar-refractivity contribution in [1.29, 1.82) is 0 Å². The van der Waals surface area contributed by atoms with Crippen LogP contribution in [0.4, 0.5) is 0 Å². The molecule has 8 heteroatoms. The normalized spacial score (nSPS) is 22.9. The summed E-state index contributed by atoms with van der Waals surface area (Å²) in [5.41, 5.74) is 1.15. The van der Waals surface area contributed by atoms with Gasteiger partial charge in [0.15, 0.2) is 0 Å². The van der Waals surface area contributed by atoms with Crippen molar-refractivity contribution in [3.63, 3.8) is 0 Å². The smallest absolute Gasteiger partial charge is 0.326 e. The molecule has 4 unspecified atom stereocenters. The summed E-state index contributed by atoms with van der Waals surface area (Å²) < 4.78 is 0. The maximum atomic E-state index is 12.5. The number of carbonyl (C=O) groups is 2. The zero-order chi connectivity index (χ0) is 20.4. The largest absolute Gasteiger partial charge is 0.480 e. The van der Waals surface area contributed by atoms with Gasteiger partial charge in [0.2, 0.25) is 5.91 Å². The number of aliphatic carboxylic acids is 1. The first-order chi connectivity index (χ1) is 13.3. The zero-order valence-corrected chi connectivity index (χ0v) is 16.9. The van der Waals surface area contributed by atoms with Crippen LogP contribution < -0.4 is 0 Å². The van der Waals surface area contributed by atoms with E-state index in [0.29, 0.717) is 10.6 Å². The molecule has 2 N–H and O–H groups in total. The summed E-state index contributed by atoms with van der Waals surface area (Å²) in [7, 11) is 0. The molecule has 3 rings (SSSR count). The van der Waals surface area contributed by atoms with Crippen LogP contribution in [0.5, 0.6) is 0 Å². The highest BCUT2D eigenvalue weighted by atomic mass is 35.5. The highest BCUT2D eigenvalue weighted by Crippen LogP contribution is 2.48. The molecule has 1 aliphatic heterocycles. The summed E-state index contributed by atoms with van der Waals surface area (Å²) >= 11 is 18.0. The van der Waals surface area contributed by atoms with Crippen molar-refractivity contribution >= 4 is 46.7 Å². The summed E-state index contributed by atoms with van der Waals surface area (Å²) in [6.07, 6.45) is -1.03. The number of carboxylic acids is 1. The van der Waals surface area contributed by atoms with Crippen LogP contribution in [-0.4, -0.2) is 38.9 Å². The molecule has 0 radical (unpaired) electrons. The SMILES string of the molecule is O=C(O)C1CC(C(O)c2ccc(Cl)cc2Cl)C(c2ccccc2)N1C(=O)CCl. The third kappa shape index (κ3) is 3.98. The Bertz CT molecular complexity index is 877. The van der Waals surface area contributed by atoms with Crippen LogP contribution in [0.2, 0.25) is 10.0 Å². The van der Waals surface area contributed by atoms with Crippen LogP contribution in [0, 0.1) is 5.92 Å². The van der Waals surface area contributed by atoms with E-state index in [1.165, 1.54) is 11.0 Å². The van der Waals surface area contributed by atoms with Gasteiger partial charge in [-0.25, -0.2) is 4.79 Å². The molecule has 148 valence electrons. The molecule has 0 aromatic heterocycles. The summed E-state index contributed by atoms with van der Waals surface area (Å²) in [6.45, 7) is 0. The Morgan fingerprint density at radius 1 is 1.14 bits per heavy atom. The molecule has 0 spiro atoms. The number of hydrogen-bond donors (Lipinski definition) is 2. The fourth-order valence-corrected chi connectivity index (χ4v) is 4.51. The van der Waals surface area contributed by atoms with Gasteiger partial charge in [-0.05, 0) is 29.7 Å². The predicted molar refractivity (Wildman–Crippen MR) is 108 cm³/mol. The first-order valence-corrected chi connectivity index (χ1v) is 9.92. The Labute approximate surface area is 177 Å². The third-order valence-corrected chi connectivity index (χ3v) is 5.84. The van der Waals surface area contributed by atoms with Crippen LogP contribution in [0.25, 0.3) is 0 Å². The van der Waals surface area contributed by atoms with Gasteiger partial charge in [-0.3, -0.25) is 4.79 Å². The Morgan fingerprint density at radius 3 is 2.39 bits per heavy atom. The van der Waals surface area contributed by atoms with Crippen molar-refractivity contribution < 1.29 is 19.8 Å². The third-order valence-electron chi connectivity index (χ3n) is 5.05. The van der Waals surface area contributed by atoms with E-state index in [-0.39, 0.29) is 17.3 Å². The highest BCUT2D eigenvalue weighted by molar-refractivity contribution is 6.35. The molecule has 0 bridgehead atoms. The molecule has 1 aliphatic rings. The van der Waals surface area contributed by atoms with Crippen LogP contribution in [-0.2, 0) is 9.59 Å². The molecule has 28 heavy (non-hydrogen) atoms. The van der Waals surface area contributed by atoms with Crippen LogP contribution >= 0.6 is 34.8 Å². The van der Waals surface area contributed by atoms with Gasteiger partial charge in [-0.1, -0.05) is 59.6 Å². The number of aliphatic hydroxyl groups is 1. The number of halogens is 3. The second-order valence-corrected chi connectivity index (χ2v) is 7.77. The Hall–Kier alpha value is -1.79. The summed E-state index contributed by atoms with van der Waals surface area (Å²) in [5.74, 6) is -2.58. The number of likely N-dealkylation sites (tertiary alicyclic amines) is 1. The molecular weight excluding hydrogens is 425 g/mol. The standard InChI is InChI=1S/C20H18Cl3NO4/c21-10-17(25)24-16(20(27)28)9-14(18(24)11-4-2-1-3-5-11)19(26)13-7-6-12(22)8-15(13)23/h1-8,14,16,18-19,26H,9-10H2,(H,27,28). The van der Waals surface area contributed by atoms with Crippen LogP contribution in [0.3, 0.4) is 0 Å². The molecule has 0 aliphatic carbocycles. The van der Waals surface area contributed by atoms with Gasteiger partial charge in [0, 0.05) is 16.0 Å². The van der Waals surface area contributed by atoms with Gasteiger partial charge in [0.05, 0.1) is 12.1 Å². The molecule has 1 fully saturated rings. The van der Waals surface area contributed by atoms with Crippen molar-refractivity contribution in [1.82, 2.24) is 4.90 Å². The van der Waals surface area contributed by atoms with Crippen molar-refractivity contribution in [3.8, 4) is 0 Å². The molecular formula is C20H18Cl3NO4. The van der Waals surface area contributed by atoms with E-state index in [0.717, 1.165) is 5.56 Å². The van der Waals surface area contributed by atoms with Crippen molar-refractivity contribution in [2.45, 2.75) is 24.6 Å². The van der Waals surface area contributed by atoms with Gasteiger partial charge in [0.25, 0.3) is 0 Å². The molecule has 2 aromatic rings. The van der Waals surface area contributed by atoms with E-state index in [9.17, 15) is 19.8 Å². The molecule has 1 heterocycles. The number of nitrogens with zero attached hydrogens (tertiary/aromatic N) is 1. The summed E-state index contributed by atoms with van der Waals surface area (Å²) in [5, 5.41) is 21.5. The second-order valence-electron chi connectivity index (χ2n) is 6.65. The lowest BCUT2D eigenvalue weighted by atomic mass is 9.85. The van der Waals surface area contributed by atoms with Crippen LogP contribution in [0.15, 0.2) is 48.5 Å². The molecule has 1 amide bonds. The first kappa shape index (κ1) is 20.9. The minimum Gasteiger partial charge on any atom is -0.480 e. The molecule has 0 saturated carbocycles. The van der Waals surface area contributed by atoms with Gasteiger partial charge < -0.3 is 15.1 Å². The number of aliphatic hydroxyl groups excluding tert-OH is 1. The maximum Gasteiger partial charge on any atom is 0.326 e. The minimum atomic E-state index is -1.14. The molecule has 4 atom stereocenters. The Morgan fingerprint density at radius 2 is 1.82 bits per heavy atom. The zero-order valence-electron chi connectivity index (χ0n) is 14.6. The Kier molecular flexibility index (Phi) is 6.50. The van der Waals surface area contributed by atoms with E-state index < -0.39 is 36.0 Å². The van der Waals surface area contributed by atoms with Gasteiger partial charge in [-0.2, -0.15) is 0 Å². The maximum absolute atomic E-state index is 12.5. The fourth-order valence-electron chi connectivity index (χ4n) is 3.85. The number of carboxylic acid groups (broad SMARTS) is 1. The molecule has 1 saturated heterocycles. The summed E-state index contributed by atoms with van der Waals surface area (Å²) in [4.78, 5) is 25.7. The number of hydrogen-bond acceptors (Lipinski definition) is 3. The lowest BCUT2D eigenvalue weighted by Gasteiger charge is -2.32. The van der Waals surface area contributed by atoms with Gasteiger partial charge in [-0.15, -0.1) is 11.6 Å². The van der Waals surface area contributed by atoms with E-state index in [1.807, 2.05) is 6.07 Å². The van der Waals surface area contributed by atoms with E-state index >= 15 is 0 Å². The number of amides is 1. The highest BCUT2D eigenvalue weighted by Gasteiger charge is 2.50. The van der Waals surface area contributed by atoms with Crippen LogP contribution in [0.1, 0.15) is 29.7 Å². The first-order valence-electron chi connectivity index (χ1n) is 8.63. The molecule has 2 aromatic carbocycles. The quantitative estimate of drug-likeness (QED) is 0.677. The van der Waals surface area contributed by atoms with E-state index in [4.69, 9.17) is 34.8 Å². The Balaban J connectivity index is 2.09.